The number of benzene rings is 1. The summed E-state index contributed by atoms with van der Waals surface area (Å²) in [5.41, 5.74) is 10.9. The number of nitrogens with two attached hydrogens (primary N) is 1. The largest absolute Gasteiger partial charge is 0.383 e. The summed E-state index contributed by atoms with van der Waals surface area (Å²) in [6.07, 6.45) is 4.45. The Labute approximate surface area is 128 Å². The molecule has 1 aliphatic rings. The van der Waals surface area contributed by atoms with Crippen LogP contribution in [0, 0.1) is 0 Å². The Hall–Kier alpha value is -1.92. The number of hydrazone groups is 1. The number of nitrogens with zero attached hydrogens (tertiary/aromatic N) is 3. The van der Waals surface area contributed by atoms with Gasteiger partial charge < -0.3 is 5.73 Å². The molecule has 3 N–H and O–H groups in total. The van der Waals surface area contributed by atoms with Crippen LogP contribution in [-0.4, -0.2) is 29.2 Å². The predicted molar refractivity (Wildman–Crippen MR) is 88.7 cm³/mol. The Morgan fingerprint density at radius 3 is 3.00 bits per heavy atom. The van der Waals surface area contributed by atoms with Crippen LogP contribution in [0.2, 0.25) is 0 Å². The van der Waals surface area contributed by atoms with Crippen LogP contribution in [0.5, 0.6) is 0 Å². The van der Waals surface area contributed by atoms with E-state index in [1.807, 2.05) is 6.21 Å². The number of nitrogen functional groups attached to an aromatic ring is 1. The summed E-state index contributed by atoms with van der Waals surface area (Å²) in [6, 6.07) is 8.48. The molecule has 0 unspecified atom stereocenters. The van der Waals surface area contributed by atoms with Crippen molar-refractivity contribution < 1.29 is 0 Å². The summed E-state index contributed by atoms with van der Waals surface area (Å²) in [5.74, 6) is 0.519. The lowest BCUT2D eigenvalue weighted by Crippen LogP contribution is -2.18. The monoisotopic (exact) mass is 301 g/mol. The predicted octanol–water partition coefficient (Wildman–Crippen LogP) is 2.77. The topological polar surface area (TPSA) is 66.5 Å². The molecule has 5 nitrogen and oxygen atoms in total. The molecule has 6 heteroatoms. The molecule has 3 rings (SSSR count). The zero-order valence-electron chi connectivity index (χ0n) is 11.8. The highest BCUT2D eigenvalue weighted by Crippen LogP contribution is 2.16. The van der Waals surface area contributed by atoms with E-state index in [1.54, 1.807) is 5.38 Å². The van der Waals surface area contributed by atoms with Crippen LogP contribution in [0.25, 0.3) is 0 Å². The maximum absolute atomic E-state index is 5.56. The zero-order valence-corrected chi connectivity index (χ0v) is 12.6. The summed E-state index contributed by atoms with van der Waals surface area (Å²) < 4.78 is 0. The summed E-state index contributed by atoms with van der Waals surface area (Å²) >= 11 is 1.44. The van der Waals surface area contributed by atoms with Crippen molar-refractivity contribution in [2.45, 2.75) is 19.4 Å². The molecular weight excluding hydrogens is 282 g/mol. The molecule has 0 amide bonds. The van der Waals surface area contributed by atoms with Gasteiger partial charge in [-0.05, 0) is 43.1 Å². The molecule has 1 fully saturated rings. The van der Waals surface area contributed by atoms with Crippen LogP contribution < -0.4 is 11.2 Å². The molecule has 1 saturated heterocycles. The van der Waals surface area contributed by atoms with E-state index in [0.717, 1.165) is 12.1 Å². The zero-order chi connectivity index (χ0) is 14.5. The maximum Gasteiger partial charge on any atom is 0.205 e. The number of thiazole rings is 1. The van der Waals surface area contributed by atoms with Crippen molar-refractivity contribution in [2.24, 2.45) is 5.10 Å². The van der Waals surface area contributed by atoms with Gasteiger partial charge in [-0.15, -0.1) is 11.3 Å². The third-order valence-corrected chi connectivity index (χ3v) is 4.22. The number of likely N-dealkylation sites (tertiary alicyclic amines) is 1. The average Bonchev–Trinajstić information content (AvgIpc) is 3.11. The molecule has 21 heavy (non-hydrogen) atoms. The highest BCUT2D eigenvalue weighted by atomic mass is 32.1. The first-order valence-electron chi connectivity index (χ1n) is 7.11. The Balaban J connectivity index is 1.59. The molecule has 2 heterocycles. The third kappa shape index (κ3) is 4.03. The second-order valence-electron chi connectivity index (χ2n) is 5.18. The Kier molecular flexibility index (Phi) is 4.47. The first-order chi connectivity index (χ1) is 10.3. The fraction of sp³-hybridized carbons (Fsp3) is 0.333. The second-order valence-corrected chi connectivity index (χ2v) is 6.03. The molecule has 0 bridgehead atoms. The van der Waals surface area contributed by atoms with Crippen molar-refractivity contribution in [2.75, 3.05) is 24.2 Å². The van der Waals surface area contributed by atoms with Gasteiger partial charge >= 0.3 is 0 Å². The molecule has 1 aliphatic heterocycles. The van der Waals surface area contributed by atoms with E-state index >= 15 is 0 Å². The third-order valence-electron chi connectivity index (χ3n) is 3.45. The first-order valence-corrected chi connectivity index (χ1v) is 7.99. The molecule has 0 spiro atoms. The van der Waals surface area contributed by atoms with Gasteiger partial charge in [0.1, 0.15) is 5.82 Å². The number of anilines is 2. The molecule has 0 aliphatic carbocycles. The molecule has 0 atom stereocenters. The number of aromatic nitrogens is 1. The molecule has 1 aromatic heterocycles. The van der Waals surface area contributed by atoms with E-state index in [1.165, 1.54) is 42.8 Å². The van der Waals surface area contributed by atoms with Gasteiger partial charge in [-0.25, -0.2) is 4.98 Å². The van der Waals surface area contributed by atoms with Gasteiger partial charge in [-0.1, -0.05) is 18.2 Å². The summed E-state index contributed by atoms with van der Waals surface area (Å²) in [7, 11) is 0. The van der Waals surface area contributed by atoms with Crippen LogP contribution in [-0.2, 0) is 6.54 Å². The quantitative estimate of drug-likeness (QED) is 0.658. The van der Waals surface area contributed by atoms with E-state index in [9.17, 15) is 0 Å². The maximum atomic E-state index is 5.56. The molecule has 0 saturated carbocycles. The van der Waals surface area contributed by atoms with E-state index in [4.69, 9.17) is 5.73 Å². The lowest BCUT2D eigenvalue weighted by Gasteiger charge is -2.14. The highest BCUT2D eigenvalue weighted by molar-refractivity contribution is 7.14. The fourth-order valence-electron chi connectivity index (χ4n) is 2.47. The summed E-state index contributed by atoms with van der Waals surface area (Å²) in [6.45, 7) is 3.45. The Bertz CT molecular complexity index is 616. The van der Waals surface area contributed by atoms with Gasteiger partial charge in [-0.3, -0.25) is 10.3 Å². The molecule has 1 aromatic carbocycles. The van der Waals surface area contributed by atoms with Crippen molar-refractivity contribution in [1.82, 2.24) is 9.88 Å². The van der Waals surface area contributed by atoms with Crippen LogP contribution >= 0.6 is 11.3 Å². The number of hydrogen-bond acceptors (Lipinski definition) is 6. The van der Waals surface area contributed by atoms with E-state index in [-0.39, 0.29) is 0 Å². The summed E-state index contributed by atoms with van der Waals surface area (Å²) in [4.78, 5) is 6.59. The van der Waals surface area contributed by atoms with Crippen molar-refractivity contribution in [3.05, 3.63) is 40.8 Å². The molecule has 110 valence electrons. The van der Waals surface area contributed by atoms with Crippen molar-refractivity contribution in [3.63, 3.8) is 0 Å². The smallest absolute Gasteiger partial charge is 0.205 e. The van der Waals surface area contributed by atoms with Crippen LogP contribution in [0.4, 0.5) is 10.9 Å². The van der Waals surface area contributed by atoms with Crippen LogP contribution in [0.15, 0.2) is 34.7 Å². The molecule has 2 aromatic rings. The van der Waals surface area contributed by atoms with Gasteiger partial charge in [-0.2, -0.15) is 5.10 Å². The summed E-state index contributed by atoms with van der Waals surface area (Å²) in [5, 5.41) is 6.69. The minimum atomic E-state index is 0.519. The van der Waals surface area contributed by atoms with Crippen LogP contribution in [0.3, 0.4) is 0 Å². The van der Waals surface area contributed by atoms with Crippen molar-refractivity contribution in [3.8, 4) is 0 Å². The number of nitrogens with one attached hydrogen (secondary N) is 1. The standard InChI is InChI=1S/C15H19N5S/c16-14-11-21-15(18-14)19-17-9-12-4-3-5-13(8-12)10-20-6-1-2-7-20/h3-5,8-9,11H,1-2,6-7,10,16H2,(H,18,19). The second kappa shape index (κ2) is 6.69. The Morgan fingerprint density at radius 2 is 2.24 bits per heavy atom. The van der Waals surface area contributed by atoms with Crippen LogP contribution in [0.1, 0.15) is 24.0 Å². The molecular formula is C15H19N5S. The van der Waals surface area contributed by atoms with Crippen molar-refractivity contribution >= 4 is 28.5 Å². The lowest BCUT2D eigenvalue weighted by atomic mass is 10.1. The Morgan fingerprint density at radius 1 is 1.38 bits per heavy atom. The van der Waals surface area contributed by atoms with Gasteiger partial charge in [0, 0.05) is 11.9 Å². The van der Waals surface area contributed by atoms with Gasteiger partial charge in [0.05, 0.1) is 6.21 Å². The number of rotatable bonds is 5. The molecule has 0 radical (unpaired) electrons. The minimum Gasteiger partial charge on any atom is -0.383 e. The average molecular weight is 301 g/mol. The fourth-order valence-corrected chi connectivity index (χ4v) is 3.02. The van der Waals surface area contributed by atoms with Gasteiger partial charge in [0.25, 0.3) is 0 Å². The van der Waals surface area contributed by atoms with E-state index in [2.05, 4.69) is 44.7 Å². The van der Waals surface area contributed by atoms with Gasteiger partial charge in [0.15, 0.2) is 0 Å². The van der Waals surface area contributed by atoms with Crippen molar-refractivity contribution in [1.29, 1.82) is 0 Å². The number of hydrogen-bond donors (Lipinski definition) is 2. The van der Waals surface area contributed by atoms with Gasteiger partial charge in [0.2, 0.25) is 5.13 Å². The minimum absolute atomic E-state index is 0.519. The highest BCUT2D eigenvalue weighted by Gasteiger charge is 2.11. The van der Waals surface area contributed by atoms with E-state index < -0.39 is 0 Å². The first kappa shape index (κ1) is 14.0. The normalized spacial score (nSPS) is 15.8. The SMILES string of the molecule is Nc1csc(NN=Cc2cccc(CN3CCCC3)c2)n1. The lowest BCUT2D eigenvalue weighted by molar-refractivity contribution is 0.331. The van der Waals surface area contributed by atoms with E-state index in [0.29, 0.717) is 10.9 Å².